The molecule has 0 unspecified atom stereocenters. The summed E-state index contributed by atoms with van der Waals surface area (Å²) in [6, 6.07) is 1.73. The molecule has 34 heavy (non-hydrogen) atoms. The number of fused-ring (bicyclic) bond motifs is 1. The number of halogens is 3. The highest BCUT2D eigenvalue weighted by atomic mass is 32.1. The van der Waals surface area contributed by atoms with E-state index >= 15 is 4.39 Å². The van der Waals surface area contributed by atoms with Gasteiger partial charge in [0.1, 0.15) is 11.4 Å². The molecule has 0 spiro atoms. The van der Waals surface area contributed by atoms with Crippen LogP contribution in [0, 0.1) is 6.92 Å². The molecule has 2 aromatic heterocycles. The summed E-state index contributed by atoms with van der Waals surface area (Å²) in [5, 5.41) is 7.46. The number of hydrogen-bond donors (Lipinski definition) is 1. The maximum Gasteiger partial charge on any atom is 0.282 e. The molecule has 0 aromatic carbocycles. The molecule has 0 radical (unpaired) electrons. The van der Waals surface area contributed by atoms with Gasteiger partial charge in [-0.1, -0.05) is 5.16 Å². The second-order valence-electron chi connectivity index (χ2n) is 9.96. The van der Waals surface area contributed by atoms with Crippen molar-refractivity contribution in [1.29, 1.82) is 0 Å². The normalized spacial score (nSPS) is 26.7. The van der Waals surface area contributed by atoms with Crippen LogP contribution >= 0.6 is 11.3 Å². The Balaban J connectivity index is 1.05. The first kappa shape index (κ1) is 23.6. The van der Waals surface area contributed by atoms with Crippen molar-refractivity contribution in [2.75, 3.05) is 31.1 Å². The zero-order chi connectivity index (χ0) is 23.9. The van der Waals surface area contributed by atoms with Crippen LogP contribution < -0.4 is 10.2 Å². The fraction of sp³-hybridized carbons (Fsp3) is 0.696. The fourth-order valence-corrected chi connectivity index (χ4v) is 6.09. The Hall–Kier alpha value is -2.14. The van der Waals surface area contributed by atoms with E-state index in [9.17, 15) is 13.6 Å². The summed E-state index contributed by atoms with van der Waals surface area (Å²) < 4.78 is 46.9. The Morgan fingerprint density at radius 2 is 2.06 bits per heavy atom. The molecule has 5 rings (SSSR count). The Morgan fingerprint density at radius 1 is 1.29 bits per heavy atom. The maximum absolute atomic E-state index is 15.5. The first-order valence-corrected chi connectivity index (χ1v) is 12.7. The SMILES string of the molecule is Cc1cc(CC(=O)N[C@H]2CC[C@](F)(CCN3CCc4sc(N5CC(F)(F)C5)nc4C3)CC2)on1. The highest BCUT2D eigenvalue weighted by Gasteiger charge is 2.45. The van der Waals surface area contributed by atoms with Gasteiger partial charge in [-0.15, -0.1) is 11.3 Å². The number of hydrogen-bond acceptors (Lipinski definition) is 7. The number of alkyl halides is 3. The van der Waals surface area contributed by atoms with E-state index in [2.05, 4.69) is 20.4 Å². The topological polar surface area (TPSA) is 74.5 Å². The molecule has 7 nitrogen and oxygen atoms in total. The number of nitrogens with zero attached hydrogens (tertiary/aromatic N) is 4. The average Bonchev–Trinajstić information content (AvgIpc) is 3.37. The minimum atomic E-state index is -2.61. The van der Waals surface area contributed by atoms with Crippen molar-refractivity contribution in [3.05, 3.63) is 28.1 Å². The van der Waals surface area contributed by atoms with Gasteiger partial charge in [0.25, 0.3) is 5.92 Å². The summed E-state index contributed by atoms with van der Waals surface area (Å²) in [6.07, 6.45) is 3.54. The molecule has 2 fully saturated rings. The Morgan fingerprint density at radius 3 is 2.74 bits per heavy atom. The number of aryl methyl sites for hydroxylation is 1. The number of thiazole rings is 1. The number of nitrogens with one attached hydrogen (secondary N) is 1. The number of aromatic nitrogens is 2. The van der Waals surface area contributed by atoms with Crippen LogP contribution in [0.3, 0.4) is 0 Å². The smallest absolute Gasteiger partial charge is 0.282 e. The van der Waals surface area contributed by atoms with Crippen molar-refractivity contribution >= 4 is 22.4 Å². The van der Waals surface area contributed by atoms with Crippen LogP contribution in [-0.4, -0.2) is 64.8 Å². The van der Waals surface area contributed by atoms with Gasteiger partial charge in [-0.25, -0.2) is 18.2 Å². The molecule has 0 atom stereocenters. The summed E-state index contributed by atoms with van der Waals surface area (Å²) in [4.78, 5) is 21.8. The highest BCUT2D eigenvalue weighted by molar-refractivity contribution is 7.15. The van der Waals surface area contributed by atoms with Gasteiger partial charge < -0.3 is 14.7 Å². The van der Waals surface area contributed by atoms with Crippen LogP contribution in [0.5, 0.6) is 0 Å². The second kappa shape index (κ2) is 9.14. The van der Waals surface area contributed by atoms with Gasteiger partial charge in [-0.3, -0.25) is 9.69 Å². The third-order valence-electron chi connectivity index (χ3n) is 7.04. The molecule has 1 saturated heterocycles. The molecule has 1 amide bonds. The van der Waals surface area contributed by atoms with Crippen LogP contribution in [-0.2, 0) is 24.2 Å². The molecule has 2 aromatic rings. The molecular weight excluding hydrogens is 467 g/mol. The van der Waals surface area contributed by atoms with E-state index in [0.29, 0.717) is 56.1 Å². The van der Waals surface area contributed by atoms with E-state index in [4.69, 9.17) is 4.52 Å². The first-order chi connectivity index (χ1) is 16.2. The van der Waals surface area contributed by atoms with Crippen LogP contribution in [0.4, 0.5) is 18.3 Å². The van der Waals surface area contributed by atoms with E-state index in [0.717, 1.165) is 29.2 Å². The van der Waals surface area contributed by atoms with Crippen molar-refractivity contribution < 1.29 is 22.5 Å². The average molecular weight is 498 g/mol. The molecule has 186 valence electrons. The van der Waals surface area contributed by atoms with Crippen molar-refractivity contribution in [2.45, 2.75) is 76.0 Å². The summed E-state index contributed by atoms with van der Waals surface area (Å²) in [7, 11) is 0. The lowest BCUT2D eigenvalue weighted by Gasteiger charge is -2.38. The van der Waals surface area contributed by atoms with Gasteiger partial charge in [0, 0.05) is 36.6 Å². The third kappa shape index (κ3) is 5.40. The standard InChI is InChI=1S/C23H30F3N5O2S/c1-15-10-17(33-29-15)11-20(32)27-16-2-5-22(24,6-3-16)7-9-30-8-4-19-18(12-30)28-21(34-19)31-13-23(25,26)14-31/h10,16H,2-9,11-14H2,1H3,(H,27,32)/t16-,22+. The molecule has 11 heteroatoms. The van der Waals surface area contributed by atoms with Gasteiger partial charge in [0.05, 0.1) is 30.9 Å². The molecule has 2 aliphatic heterocycles. The van der Waals surface area contributed by atoms with Crippen molar-refractivity contribution in [1.82, 2.24) is 20.4 Å². The Bertz CT molecular complexity index is 1030. The number of anilines is 1. The van der Waals surface area contributed by atoms with Crippen molar-refractivity contribution in [2.24, 2.45) is 0 Å². The number of rotatable bonds is 7. The lowest BCUT2D eigenvalue weighted by molar-refractivity contribution is -0.121. The van der Waals surface area contributed by atoms with E-state index < -0.39 is 11.6 Å². The summed E-state index contributed by atoms with van der Waals surface area (Å²) in [5.41, 5.74) is 0.464. The van der Waals surface area contributed by atoms with E-state index in [1.54, 1.807) is 17.9 Å². The summed E-state index contributed by atoms with van der Waals surface area (Å²) in [6.45, 7) is 3.42. The zero-order valence-electron chi connectivity index (χ0n) is 19.3. The molecule has 4 heterocycles. The van der Waals surface area contributed by atoms with Crippen LogP contribution in [0.15, 0.2) is 10.6 Å². The van der Waals surface area contributed by atoms with E-state index in [1.807, 2.05) is 0 Å². The van der Waals surface area contributed by atoms with Gasteiger partial charge in [0.2, 0.25) is 5.91 Å². The number of carbonyl (C=O) groups is 1. The zero-order valence-corrected chi connectivity index (χ0v) is 20.1. The predicted molar refractivity (Wildman–Crippen MR) is 122 cm³/mol. The largest absolute Gasteiger partial charge is 0.361 e. The predicted octanol–water partition coefficient (Wildman–Crippen LogP) is 3.65. The maximum atomic E-state index is 15.5. The van der Waals surface area contributed by atoms with E-state index in [1.165, 1.54) is 11.3 Å². The second-order valence-corrected chi connectivity index (χ2v) is 11.0. The van der Waals surface area contributed by atoms with Gasteiger partial charge in [-0.2, -0.15) is 0 Å². The minimum absolute atomic E-state index is 0.0137. The lowest BCUT2D eigenvalue weighted by atomic mass is 9.81. The van der Waals surface area contributed by atoms with Gasteiger partial charge in [-0.05, 0) is 45.4 Å². The Labute approximate surface area is 200 Å². The monoisotopic (exact) mass is 497 g/mol. The van der Waals surface area contributed by atoms with Gasteiger partial charge in [0.15, 0.2) is 5.13 Å². The molecule has 1 saturated carbocycles. The van der Waals surface area contributed by atoms with Gasteiger partial charge >= 0.3 is 0 Å². The fourth-order valence-electron chi connectivity index (χ4n) is 5.04. The molecule has 1 aliphatic carbocycles. The first-order valence-electron chi connectivity index (χ1n) is 11.9. The highest BCUT2D eigenvalue weighted by Crippen LogP contribution is 2.38. The van der Waals surface area contributed by atoms with Crippen molar-refractivity contribution in [3.8, 4) is 0 Å². The number of amides is 1. The summed E-state index contributed by atoms with van der Waals surface area (Å²) >= 11 is 1.51. The Kier molecular flexibility index (Phi) is 6.34. The number of carbonyl (C=O) groups excluding carboxylic acids is 1. The summed E-state index contributed by atoms with van der Waals surface area (Å²) in [5.74, 6) is -2.20. The molecule has 1 N–H and O–H groups in total. The van der Waals surface area contributed by atoms with Crippen LogP contribution in [0.2, 0.25) is 0 Å². The molecular formula is C23H30F3N5O2S. The quantitative estimate of drug-likeness (QED) is 0.630. The van der Waals surface area contributed by atoms with Crippen LogP contribution in [0.1, 0.15) is 54.1 Å². The molecule has 3 aliphatic rings. The molecule has 0 bridgehead atoms. The minimum Gasteiger partial charge on any atom is -0.361 e. The van der Waals surface area contributed by atoms with Crippen molar-refractivity contribution in [3.63, 3.8) is 0 Å². The third-order valence-corrected chi connectivity index (χ3v) is 8.26. The van der Waals surface area contributed by atoms with E-state index in [-0.39, 0.29) is 31.5 Å². The van der Waals surface area contributed by atoms with Crippen LogP contribution in [0.25, 0.3) is 0 Å². The lowest BCUT2D eigenvalue weighted by Crippen LogP contribution is -2.56.